The van der Waals surface area contributed by atoms with Gasteiger partial charge in [-0.05, 0) is 30.3 Å². The van der Waals surface area contributed by atoms with Gasteiger partial charge in [0.05, 0.1) is 5.69 Å². The molecule has 0 bridgehead atoms. The van der Waals surface area contributed by atoms with E-state index < -0.39 is 0 Å². The van der Waals surface area contributed by atoms with Crippen LogP contribution in [0.2, 0.25) is 0 Å². The number of benzene rings is 1. The van der Waals surface area contributed by atoms with Gasteiger partial charge in [-0.2, -0.15) is 0 Å². The Morgan fingerprint density at radius 1 is 1.21 bits per heavy atom. The van der Waals surface area contributed by atoms with E-state index in [-0.39, 0.29) is 12.5 Å². The normalized spacial score (nSPS) is 10.4. The fourth-order valence-electron chi connectivity index (χ4n) is 2.11. The van der Waals surface area contributed by atoms with Crippen molar-refractivity contribution in [2.45, 2.75) is 0 Å². The van der Waals surface area contributed by atoms with Gasteiger partial charge in [-0.1, -0.05) is 6.07 Å². The zero-order valence-corrected chi connectivity index (χ0v) is 13.8. The van der Waals surface area contributed by atoms with E-state index >= 15 is 0 Å². The third kappa shape index (κ3) is 4.15. The van der Waals surface area contributed by atoms with Crippen LogP contribution in [0.3, 0.4) is 0 Å². The highest BCUT2D eigenvalue weighted by atomic mass is 32.1. The minimum atomic E-state index is -0.191. The van der Waals surface area contributed by atoms with Gasteiger partial charge in [-0.15, -0.1) is 11.3 Å². The fraction of sp³-hybridized carbons (Fsp3) is 0.118. The molecule has 2 aromatic heterocycles. The van der Waals surface area contributed by atoms with E-state index in [0.29, 0.717) is 5.69 Å². The number of aromatic nitrogens is 2. The Bertz CT molecular complexity index is 820. The first-order valence-electron chi connectivity index (χ1n) is 7.26. The summed E-state index contributed by atoms with van der Waals surface area (Å²) in [6, 6.07) is 11.3. The summed E-state index contributed by atoms with van der Waals surface area (Å²) in [7, 11) is 1.49. The van der Waals surface area contributed by atoms with Gasteiger partial charge in [0.2, 0.25) is 5.91 Å². The van der Waals surface area contributed by atoms with E-state index in [1.165, 1.54) is 18.4 Å². The summed E-state index contributed by atoms with van der Waals surface area (Å²) >= 11 is 1.52. The maximum absolute atomic E-state index is 11.6. The second kappa shape index (κ2) is 7.67. The van der Waals surface area contributed by atoms with E-state index in [1.807, 2.05) is 41.8 Å². The Balaban J connectivity index is 1.70. The second-order valence-electron chi connectivity index (χ2n) is 4.96. The lowest BCUT2D eigenvalue weighted by atomic mass is 10.2. The van der Waals surface area contributed by atoms with Crippen LogP contribution in [-0.4, -0.2) is 29.6 Å². The molecule has 0 radical (unpaired) electrons. The number of carbonyl (C=O) groups is 1. The monoisotopic (exact) mass is 340 g/mol. The molecule has 2 N–H and O–H groups in total. The van der Waals surface area contributed by atoms with Crippen molar-refractivity contribution < 1.29 is 9.53 Å². The summed E-state index contributed by atoms with van der Waals surface area (Å²) in [5.41, 5.74) is 3.47. The van der Waals surface area contributed by atoms with Crippen LogP contribution >= 0.6 is 11.3 Å². The third-order valence-corrected chi connectivity index (χ3v) is 3.91. The van der Waals surface area contributed by atoms with Crippen LogP contribution in [0.15, 0.2) is 54.2 Å². The number of anilines is 3. The minimum Gasteiger partial charge on any atom is -0.375 e. The maximum Gasteiger partial charge on any atom is 0.250 e. The molecule has 0 aliphatic rings. The SMILES string of the molecule is COCC(=O)Nc1cccc(Nc2nc(-c3ccncc3)cs2)c1. The molecule has 0 atom stereocenters. The number of nitrogens with one attached hydrogen (secondary N) is 2. The standard InChI is InChI=1S/C17H16N4O2S/c1-23-10-16(22)19-13-3-2-4-14(9-13)20-17-21-15(11-24-17)12-5-7-18-8-6-12/h2-9,11H,10H2,1H3,(H,19,22)(H,20,21). The van der Waals surface area contributed by atoms with Gasteiger partial charge in [0.15, 0.2) is 5.13 Å². The van der Waals surface area contributed by atoms with Crippen molar-refractivity contribution in [3.8, 4) is 11.3 Å². The van der Waals surface area contributed by atoms with Crippen LogP contribution in [0.25, 0.3) is 11.3 Å². The first-order chi connectivity index (χ1) is 11.7. The van der Waals surface area contributed by atoms with Crippen molar-refractivity contribution >= 4 is 33.8 Å². The molecule has 0 spiro atoms. The predicted molar refractivity (Wildman–Crippen MR) is 95.6 cm³/mol. The molecule has 6 nitrogen and oxygen atoms in total. The number of amides is 1. The number of hydrogen-bond acceptors (Lipinski definition) is 6. The van der Waals surface area contributed by atoms with Crippen LogP contribution in [0.4, 0.5) is 16.5 Å². The number of rotatable bonds is 6. The summed E-state index contributed by atoms with van der Waals surface area (Å²) in [6.45, 7) is 0.0272. The van der Waals surface area contributed by atoms with Crippen LogP contribution in [-0.2, 0) is 9.53 Å². The lowest BCUT2D eigenvalue weighted by molar-refractivity contribution is -0.119. The second-order valence-corrected chi connectivity index (χ2v) is 5.82. The number of hydrogen-bond donors (Lipinski definition) is 2. The molecule has 3 aromatic rings. The van der Waals surface area contributed by atoms with Crippen molar-refractivity contribution in [3.63, 3.8) is 0 Å². The number of ether oxygens (including phenoxy) is 1. The predicted octanol–water partition coefficient (Wildman–Crippen LogP) is 3.53. The molecule has 7 heteroatoms. The Labute approximate surface area is 143 Å². The molecule has 0 aliphatic carbocycles. The quantitative estimate of drug-likeness (QED) is 0.718. The van der Waals surface area contributed by atoms with Gasteiger partial charge >= 0.3 is 0 Å². The number of nitrogens with zero attached hydrogens (tertiary/aromatic N) is 2. The molecule has 1 aromatic carbocycles. The first kappa shape index (κ1) is 16.1. The van der Waals surface area contributed by atoms with E-state index in [9.17, 15) is 4.79 Å². The summed E-state index contributed by atoms with van der Waals surface area (Å²) in [6.07, 6.45) is 3.49. The molecular weight excluding hydrogens is 324 g/mol. The molecule has 0 fully saturated rings. The summed E-state index contributed by atoms with van der Waals surface area (Å²) in [5.74, 6) is -0.191. The Kier molecular flexibility index (Phi) is 5.15. The van der Waals surface area contributed by atoms with Crippen molar-refractivity contribution in [2.75, 3.05) is 24.4 Å². The van der Waals surface area contributed by atoms with Crippen molar-refractivity contribution in [1.29, 1.82) is 0 Å². The van der Waals surface area contributed by atoms with Gasteiger partial charge < -0.3 is 15.4 Å². The highest BCUT2D eigenvalue weighted by Gasteiger charge is 2.06. The summed E-state index contributed by atoms with van der Waals surface area (Å²) in [4.78, 5) is 20.1. The Morgan fingerprint density at radius 3 is 2.79 bits per heavy atom. The van der Waals surface area contributed by atoms with Crippen molar-refractivity contribution in [3.05, 3.63) is 54.2 Å². The molecule has 3 rings (SSSR count). The number of methoxy groups -OCH3 is 1. The maximum atomic E-state index is 11.6. The minimum absolute atomic E-state index is 0.0272. The van der Waals surface area contributed by atoms with E-state index in [2.05, 4.69) is 20.6 Å². The van der Waals surface area contributed by atoms with E-state index in [1.54, 1.807) is 12.4 Å². The molecule has 0 saturated carbocycles. The smallest absolute Gasteiger partial charge is 0.250 e. The number of pyridine rings is 1. The fourth-order valence-corrected chi connectivity index (χ4v) is 2.85. The largest absolute Gasteiger partial charge is 0.375 e. The van der Waals surface area contributed by atoms with Crippen LogP contribution < -0.4 is 10.6 Å². The van der Waals surface area contributed by atoms with Gasteiger partial charge in [0.1, 0.15) is 6.61 Å². The van der Waals surface area contributed by atoms with Gasteiger partial charge in [-0.3, -0.25) is 9.78 Å². The van der Waals surface area contributed by atoms with Gasteiger partial charge in [-0.25, -0.2) is 4.98 Å². The topological polar surface area (TPSA) is 76.1 Å². The average molecular weight is 340 g/mol. The van der Waals surface area contributed by atoms with Crippen molar-refractivity contribution in [2.24, 2.45) is 0 Å². The Morgan fingerprint density at radius 2 is 2.00 bits per heavy atom. The molecule has 122 valence electrons. The number of thiazole rings is 1. The van der Waals surface area contributed by atoms with Gasteiger partial charge in [0.25, 0.3) is 0 Å². The zero-order valence-electron chi connectivity index (χ0n) is 13.0. The molecule has 0 saturated heterocycles. The molecule has 0 aliphatic heterocycles. The van der Waals surface area contributed by atoms with E-state index in [4.69, 9.17) is 4.74 Å². The molecular formula is C17H16N4O2S. The lowest BCUT2D eigenvalue weighted by Crippen LogP contribution is -2.17. The highest BCUT2D eigenvalue weighted by molar-refractivity contribution is 7.14. The van der Waals surface area contributed by atoms with Crippen molar-refractivity contribution in [1.82, 2.24) is 9.97 Å². The summed E-state index contributed by atoms with van der Waals surface area (Å²) in [5, 5.41) is 8.79. The van der Waals surface area contributed by atoms with Crippen LogP contribution in [0, 0.1) is 0 Å². The molecule has 1 amide bonds. The van der Waals surface area contributed by atoms with E-state index in [0.717, 1.165) is 22.1 Å². The molecule has 0 unspecified atom stereocenters. The zero-order chi connectivity index (χ0) is 16.8. The first-order valence-corrected chi connectivity index (χ1v) is 8.14. The lowest BCUT2D eigenvalue weighted by Gasteiger charge is -2.07. The van der Waals surface area contributed by atoms with Crippen LogP contribution in [0.5, 0.6) is 0 Å². The number of carbonyl (C=O) groups excluding carboxylic acids is 1. The molecule has 2 heterocycles. The molecule has 24 heavy (non-hydrogen) atoms. The van der Waals surface area contributed by atoms with Gasteiger partial charge in [0, 0.05) is 41.8 Å². The third-order valence-electron chi connectivity index (χ3n) is 3.15. The highest BCUT2D eigenvalue weighted by Crippen LogP contribution is 2.27. The summed E-state index contributed by atoms with van der Waals surface area (Å²) < 4.78 is 4.81. The Hall–Kier alpha value is -2.77. The average Bonchev–Trinajstić information content (AvgIpc) is 3.05. The van der Waals surface area contributed by atoms with Crippen LogP contribution in [0.1, 0.15) is 0 Å².